The van der Waals surface area contributed by atoms with Crippen molar-refractivity contribution >= 4 is 34.9 Å². The van der Waals surface area contributed by atoms with E-state index in [1.165, 1.54) is 13.0 Å². The number of hydrogen-bond donors (Lipinski definition) is 3. The van der Waals surface area contributed by atoms with Crippen molar-refractivity contribution in [3.63, 3.8) is 0 Å². The fraction of sp³-hybridized carbons (Fsp3) is 0.0833. The summed E-state index contributed by atoms with van der Waals surface area (Å²) in [6, 6.07) is 22.0. The van der Waals surface area contributed by atoms with Crippen molar-refractivity contribution in [3.8, 4) is 0 Å². The summed E-state index contributed by atoms with van der Waals surface area (Å²) >= 11 is 0. The molecule has 3 aromatic rings. The maximum Gasteiger partial charge on any atom is 0.296 e. The lowest BCUT2D eigenvalue weighted by Crippen LogP contribution is -2.25. The summed E-state index contributed by atoms with van der Waals surface area (Å²) in [5.41, 5.74) is 2.14. The van der Waals surface area contributed by atoms with Gasteiger partial charge in [-0.3, -0.25) is 19.2 Å². The predicted molar refractivity (Wildman–Crippen MR) is 118 cm³/mol. The number of nitrogens with one attached hydrogen (secondary N) is 3. The quantitative estimate of drug-likeness (QED) is 0.406. The van der Waals surface area contributed by atoms with E-state index >= 15 is 0 Å². The molecule has 0 fully saturated rings. The molecule has 0 heterocycles. The lowest BCUT2D eigenvalue weighted by molar-refractivity contribution is -0.114. The normalized spacial score (nSPS) is 10.1. The van der Waals surface area contributed by atoms with Gasteiger partial charge in [0.2, 0.25) is 5.91 Å². The standard InChI is InChI=1S/C24H21N3O4/c1-16(28)26-21-10-6-5-9-20(21)22(29)24(31)27-19-13-11-18(12-14-19)23(30)25-15-17-7-3-2-4-8-17/h2-14H,15H2,1H3,(H,25,30)(H,26,28)(H,27,31). The zero-order chi connectivity index (χ0) is 22.2. The summed E-state index contributed by atoms with van der Waals surface area (Å²) < 4.78 is 0. The van der Waals surface area contributed by atoms with E-state index in [0.29, 0.717) is 17.8 Å². The number of rotatable bonds is 7. The van der Waals surface area contributed by atoms with E-state index in [1.807, 2.05) is 30.3 Å². The third-order valence-electron chi connectivity index (χ3n) is 4.39. The number of benzene rings is 3. The minimum absolute atomic E-state index is 0.0899. The first-order chi connectivity index (χ1) is 14.9. The Bertz CT molecular complexity index is 1110. The van der Waals surface area contributed by atoms with Gasteiger partial charge in [0.25, 0.3) is 17.6 Å². The van der Waals surface area contributed by atoms with E-state index in [0.717, 1.165) is 5.56 Å². The predicted octanol–water partition coefficient (Wildman–Crippen LogP) is 3.40. The fourth-order valence-electron chi connectivity index (χ4n) is 2.88. The highest BCUT2D eigenvalue weighted by molar-refractivity contribution is 6.47. The minimum atomic E-state index is -0.848. The van der Waals surface area contributed by atoms with Gasteiger partial charge in [0.05, 0.1) is 11.3 Å². The molecule has 3 aromatic carbocycles. The van der Waals surface area contributed by atoms with Crippen molar-refractivity contribution in [1.29, 1.82) is 0 Å². The molecule has 7 heteroatoms. The zero-order valence-corrected chi connectivity index (χ0v) is 16.8. The molecule has 31 heavy (non-hydrogen) atoms. The maximum atomic E-state index is 12.5. The van der Waals surface area contributed by atoms with Crippen molar-refractivity contribution in [2.45, 2.75) is 13.5 Å². The van der Waals surface area contributed by atoms with Crippen LogP contribution in [-0.4, -0.2) is 23.5 Å². The van der Waals surface area contributed by atoms with E-state index in [4.69, 9.17) is 0 Å². The van der Waals surface area contributed by atoms with Crippen LogP contribution in [0.15, 0.2) is 78.9 Å². The first-order valence-electron chi connectivity index (χ1n) is 9.58. The third-order valence-corrected chi connectivity index (χ3v) is 4.39. The van der Waals surface area contributed by atoms with Crippen molar-refractivity contribution in [1.82, 2.24) is 5.32 Å². The minimum Gasteiger partial charge on any atom is -0.348 e. The molecule has 3 rings (SSSR count). The summed E-state index contributed by atoms with van der Waals surface area (Å²) in [6.45, 7) is 1.72. The van der Waals surface area contributed by atoms with E-state index in [2.05, 4.69) is 16.0 Å². The summed E-state index contributed by atoms with van der Waals surface area (Å²) in [7, 11) is 0. The molecule has 0 saturated carbocycles. The second-order valence-corrected chi connectivity index (χ2v) is 6.76. The van der Waals surface area contributed by atoms with E-state index in [1.54, 1.807) is 42.5 Å². The van der Waals surface area contributed by atoms with Crippen LogP contribution in [0.2, 0.25) is 0 Å². The Kier molecular flexibility index (Phi) is 6.90. The van der Waals surface area contributed by atoms with Gasteiger partial charge in [0, 0.05) is 24.7 Å². The third kappa shape index (κ3) is 5.86. The molecule has 0 aliphatic rings. The molecule has 0 atom stereocenters. The number of para-hydroxylation sites is 1. The van der Waals surface area contributed by atoms with Gasteiger partial charge < -0.3 is 16.0 Å². The van der Waals surface area contributed by atoms with Crippen LogP contribution < -0.4 is 16.0 Å². The van der Waals surface area contributed by atoms with Gasteiger partial charge in [-0.15, -0.1) is 0 Å². The van der Waals surface area contributed by atoms with E-state index in [9.17, 15) is 19.2 Å². The maximum absolute atomic E-state index is 12.5. The molecule has 0 radical (unpaired) electrons. The Hall–Kier alpha value is -4.26. The Balaban J connectivity index is 1.62. The van der Waals surface area contributed by atoms with Crippen LogP contribution in [0.5, 0.6) is 0 Å². The topological polar surface area (TPSA) is 104 Å². The summed E-state index contributed by atoms with van der Waals surface area (Å²) in [4.78, 5) is 48.5. The Labute approximate surface area is 179 Å². The van der Waals surface area contributed by atoms with Gasteiger partial charge >= 0.3 is 0 Å². The molecule has 0 bridgehead atoms. The number of anilines is 2. The molecular weight excluding hydrogens is 394 g/mol. The summed E-state index contributed by atoms with van der Waals surface area (Å²) in [6.07, 6.45) is 0. The van der Waals surface area contributed by atoms with Gasteiger partial charge in [0.1, 0.15) is 0 Å². The van der Waals surface area contributed by atoms with Crippen LogP contribution in [0, 0.1) is 0 Å². The van der Waals surface area contributed by atoms with E-state index < -0.39 is 11.7 Å². The van der Waals surface area contributed by atoms with Crippen LogP contribution in [0.3, 0.4) is 0 Å². The number of hydrogen-bond acceptors (Lipinski definition) is 4. The number of carbonyl (C=O) groups is 4. The fourth-order valence-corrected chi connectivity index (χ4v) is 2.88. The lowest BCUT2D eigenvalue weighted by atomic mass is 10.1. The monoisotopic (exact) mass is 415 g/mol. The first-order valence-corrected chi connectivity index (χ1v) is 9.58. The second-order valence-electron chi connectivity index (χ2n) is 6.76. The molecular formula is C24H21N3O4. The highest BCUT2D eigenvalue weighted by atomic mass is 16.2. The molecule has 0 spiro atoms. The van der Waals surface area contributed by atoms with Gasteiger partial charge in [-0.1, -0.05) is 42.5 Å². The van der Waals surface area contributed by atoms with Crippen molar-refractivity contribution in [2.24, 2.45) is 0 Å². The average molecular weight is 415 g/mol. The molecule has 0 aromatic heterocycles. The van der Waals surface area contributed by atoms with Crippen molar-refractivity contribution in [2.75, 3.05) is 10.6 Å². The SMILES string of the molecule is CC(=O)Nc1ccccc1C(=O)C(=O)Nc1ccc(C(=O)NCc2ccccc2)cc1. The summed E-state index contributed by atoms with van der Waals surface area (Å²) in [5.74, 6) is -2.23. The first kappa shape index (κ1) is 21.4. The van der Waals surface area contributed by atoms with Gasteiger partial charge in [-0.05, 0) is 42.0 Å². The average Bonchev–Trinajstić information content (AvgIpc) is 2.78. The number of carbonyl (C=O) groups excluding carboxylic acids is 4. The molecule has 7 nitrogen and oxygen atoms in total. The van der Waals surface area contributed by atoms with Gasteiger partial charge in [-0.25, -0.2) is 0 Å². The summed E-state index contributed by atoms with van der Waals surface area (Å²) in [5, 5.41) is 7.87. The van der Waals surface area contributed by atoms with Crippen LogP contribution in [0.25, 0.3) is 0 Å². The molecule has 0 aliphatic heterocycles. The smallest absolute Gasteiger partial charge is 0.296 e. The highest BCUT2D eigenvalue weighted by Gasteiger charge is 2.20. The van der Waals surface area contributed by atoms with Crippen molar-refractivity contribution < 1.29 is 19.2 Å². The second kappa shape index (κ2) is 9.98. The number of ketones is 1. The lowest BCUT2D eigenvalue weighted by Gasteiger charge is -2.10. The number of Topliss-reactive ketones (excluding diaryl/α,β-unsaturated/α-hetero) is 1. The molecule has 0 saturated heterocycles. The number of amides is 3. The van der Waals surface area contributed by atoms with Crippen LogP contribution >= 0.6 is 0 Å². The highest BCUT2D eigenvalue weighted by Crippen LogP contribution is 2.17. The Morgan fingerprint density at radius 3 is 2.06 bits per heavy atom. The van der Waals surface area contributed by atoms with Gasteiger partial charge in [-0.2, -0.15) is 0 Å². The van der Waals surface area contributed by atoms with Gasteiger partial charge in [0.15, 0.2) is 0 Å². The van der Waals surface area contributed by atoms with Crippen LogP contribution in [-0.2, 0) is 16.1 Å². The Morgan fingerprint density at radius 2 is 1.39 bits per heavy atom. The molecule has 0 unspecified atom stereocenters. The largest absolute Gasteiger partial charge is 0.348 e. The Morgan fingerprint density at radius 1 is 0.742 bits per heavy atom. The molecule has 156 valence electrons. The van der Waals surface area contributed by atoms with Crippen LogP contribution in [0.1, 0.15) is 33.2 Å². The molecule has 3 amide bonds. The van der Waals surface area contributed by atoms with E-state index in [-0.39, 0.29) is 23.1 Å². The zero-order valence-electron chi connectivity index (χ0n) is 16.8. The molecule has 3 N–H and O–H groups in total. The molecule has 0 aliphatic carbocycles. The van der Waals surface area contributed by atoms with Crippen molar-refractivity contribution in [3.05, 3.63) is 95.6 Å². The van der Waals surface area contributed by atoms with Crippen LogP contribution in [0.4, 0.5) is 11.4 Å².